The molecule has 30 heavy (non-hydrogen) atoms. The molecular weight excluding hydrogens is 376 g/mol. The molecule has 1 heterocycles. The minimum atomic E-state index is -0.0406. The highest BCUT2D eigenvalue weighted by Gasteiger charge is 2.08. The Bertz CT molecular complexity index is 940. The summed E-state index contributed by atoms with van der Waals surface area (Å²) in [6.07, 6.45) is 7.87. The monoisotopic (exact) mass is 404 g/mol. The number of methoxy groups -OCH3 is 2. The van der Waals surface area contributed by atoms with Crippen LogP contribution in [0.25, 0.3) is 11.1 Å². The number of benzene rings is 2. The molecule has 0 unspecified atom stereocenters. The molecule has 0 aliphatic rings. The summed E-state index contributed by atoms with van der Waals surface area (Å²) in [4.78, 5) is 16.5. The largest absolute Gasteiger partial charge is 0.493 e. The Balaban J connectivity index is 1.46. The molecule has 0 aliphatic carbocycles. The molecule has 1 amide bonds. The first-order chi connectivity index (χ1) is 14.7. The van der Waals surface area contributed by atoms with E-state index in [1.54, 1.807) is 20.4 Å². The zero-order valence-corrected chi connectivity index (χ0v) is 17.6. The predicted molar refractivity (Wildman–Crippen MR) is 119 cm³/mol. The van der Waals surface area contributed by atoms with Gasteiger partial charge in [0.15, 0.2) is 11.5 Å². The Hall–Kier alpha value is -3.34. The van der Waals surface area contributed by atoms with Crippen LogP contribution < -0.4 is 14.8 Å². The molecule has 2 aromatic carbocycles. The van der Waals surface area contributed by atoms with Crippen molar-refractivity contribution in [2.75, 3.05) is 20.8 Å². The van der Waals surface area contributed by atoms with Gasteiger partial charge in [0.05, 0.1) is 14.2 Å². The van der Waals surface area contributed by atoms with E-state index in [9.17, 15) is 4.79 Å². The molecule has 1 aromatic heterocycles. The summed E-state index contributed by atoms with van der Waals surface area (Å²) < 4.78 is 10.6. The van der Waals surface area contributed by atoms with Gasteiger partial charge in [-0.2, -0.15) is 0 Å². The van der Waals surface area contributed by atoms with Crippen LogP contribution in [0.15, 0.2) is 67.0 Å². The van der Waals surface area contributed by atoms with Gasteiger partial charge in [-0.25, -0.2) is 0 Å². The SMILES string of the molecule is COc1ccc(-c2ccc(C(=O)NCCCCCc3cccnc3)cc2)cc1OC. The van der Waals surface area contributed by atoms with Crippen molar-refractivity contribution in [3.05, 3.63) is 78.1 Å². The van der Waals surface area contributed by atoms with Gasteiger partial charge in [-0.05, 0) is 66.3 Å². The van der Waals surface area contributed by atoms with Gasteiger partial charge in [-0.3, -0.25) is 9.78 Å². The van der Waals surface area contributed by atoms with Crippen molar-refractivity contribution in [3.8, 4) is 22.6 Å². The van der Waals surface area contributed by atoms with E-state index in [1.165, 1.54) is 5.56 Å². The maximum Gasteiger partial charge on any atom is 0.251 e. The van der Waals surface area contributed by atoms with Crippen LogP contribution >= 0.6 is 0 Å². The van der Waals surface area contributed by atoms with E-state index in [0.29, 0.717) is 23.6 Å². The highest BCUT2D eigenvalue weighted by atomic mass is 16.5. The van der Waals surface area contributed by atoms with Gasteiger partial charge >= 0.3 is 0 Å². The minimum Gasteiger partial charge on any atom is -0.493 e. The smallest absolute Gasteiger partial charge is 0.251 e. The van der Waals surface area contributed by atoms with Gasteiger partial charge in [-0.15, -0.1) is 0 Å². The van der Waals surface area contributed by atoms with E-state index in [1.807, 2.05) is 54.7 Å². The van der Waals surface area contributed by atoms with Gasteiger partial charge in [-0.1, -0.05) is 30.7 Å². The summed E-state index contributed by atoms with van der Waals surface area (Å²) in [6, 6.07) is 17.4. The van der Waals surface area contributed by atoms with Crippen molar-refractivity contribution in [2.24, 2.45) is 0 Å². The number of carbonyl (C=O) groups is 1. The maximum absolute atomic E-state index is 12.4. The van der Waals surface area contributed by atoms with Crippen molar-refractivity contribution >= 4 is 5.91 Å². The number of amides is 1. The lowest BCUT2D eigenvalue weighted by Gasteiger charge is -2.10. The zero-order chi connectivity index (χ0) is 21.2. The molecule has 0 radical (unpaired) electrons. The molecule has 156 valence electrons. The molecule has 0 saturated carbocycles. The second-order valence-corrected chi connectivity index (χ2v) is 7.07. The number of hydrogen-bond acceptors (Lipinski definition) is 4. The van der Waals surface area contributed by atoms with Crippen molar-refractivity contribution in [2.45, 2.75) is 25.7 Å². The fraction of sp³-hybridized carbons (Fsp3) is 0.280. The van der Waals surface area contributed by atoms with E-state index in [2.05, 4.69) is 16.4 Å². The Kier molecular flexibility index (Phi) is 7.84. The van der Waals surface area contributed by atoms with Crippen LogP contribution in [-0.2, 0) is 6.42 Å². The summed E-state index contributed by atoms with van der Waals surface area (Å²) in [6.45, 7) is 0.684. The first-order valence-corrected chi connectivity index (χ1v) is 10.2. The zero-order valence-electron chi connectivity index (χ0n) is 17.6. The third-order valence-electron chi connectivity index (χ3n) is 5.01. The van der Waals surface area contributed by atoms with Gasteiger partial charge in [0.2, 0.25) is 0 Å². The summed E-state index contributed by atoms with van der Waals surface area (Å²) in [7, 11) is 3.24. The molecule has 3 aromatic rings. The standard InChI is InChI=1S/C25H28N2O3/c1-29-23-14-13-22(17-24(23)30-2)20-9-11-21(12-10-20)25(28)27-16-5-3-4-7-19-8-6-15-26-18-19/h6,8-15,17-18H,3-5,7,16H2,1-2H3,(H,27,28). The number of aromatic nitrogens is 1. The minimum absolute atomic E-state index is 0.0406. The van der Waals surface area contributed by atoms with Gasteiger partial charge in [0.1, 0.15) is 0 Å². The summed E-state index contributed by atoms with van der Waals surface area (Å²) in [5.41, 5.74) is 3.95. The number of rotatable bonds is 10. The second kappa shape index (κ2) is 11.0. The molecule has 0 atom stereocenters. The molecule has 3 rings (SSSR count). The number of hydrogen-bond donors (Lipinski definition) is 1. The van der Waals surface area contributed by atoms with Crippen molar-refractivity contribution < 1.29 is 14.3 Å². The number of aryl methyl sites for hydroxylation is 1. The lowest BCUT2D eigenvalue weighted by molar-refractivity contribution is 0.0953. The third-order valence-corrected chi connectivity index (χ3v) is 5.01. The van der Waals surface area contributed by atoms with Crippen LogP contribution in [0.3, 0.4) is 0 Å². The number of nitrogens with one attached hydrogen (secondary N) is 1. The van der Waals surface area contributed by atoms with Crippen LogP contribution in [0, 0.1) is 0 Å². The first-order valence-electron chi connectivity index (χ1n) is 10.2. The van der Waals surface area contributed by atoms with E-state index in [0.717, 1.165) is 36.8 Å². The molecule has 5 nitrogen and oxygen atoms in total. The molecule has 5 heteroatoms. The quantitative estimate of drug-likeness (QED) is 0.488. The van der Waals surface area contributed by atoms with E-state index < -0.39 is 0 Å². The summed E-state index contributed by atoms with van der Waals surface area (Å²) in [5, 5.41) is 3.00. The molecular formula is C25H28N2O3. The maximum atomic E-state index is 12.4. The molecule has 0 aliphatic heterocycles. The first kappa shape index (κ1) is 21.4. The van der Waals surface area contributed by atoms with Crippen LogP contribution in [0.4, 0.5) is 0 Å². The van der Waals surface area contributed by atoms with Crippen molar-refractivity contribution in [1.29, 1.82) is 0 Å². The Morgan fingerprint density at radius 1 is 0.900 bits per heavy atom. The fourth-order valence-corrected chi connectivity index (χ4v) is 3.31. The number of nitrogens with zero attached hydrogens (tertiary/aromatic N) is 1. The van der Waals surface area contributed by atoms with Crippen LogP contribution in [0.2, 0.25) is 0 Å². The highest BCUT2D eigenvalue weighted by Crippen LogP contribution is 2.32. The van der Waals surface area contributed by atoms with E-state index in [-0.39, 0.29) is 5.91 Å². The molecule has 0 fully saturated rings. The highest BCUT2D eigenvalue weighted by molar-refractivity contribution is 5.94. The summed E-state index contributed by atoms with van der Waals surface area (Å²) >= 11 is 0. The lowest BCUT2D eigenvalue weighted by Crippen LogP contribution is -2.24. The summed E-state index contributed by atoms with van der Waals surface area (Å²) in [5.74, 6) is 1.33. The van der Waals surface area contributed by atoms with Crippen LogP contribution in [-0.4, -0.2) is 31.7 Å². The van der Waals surface area contributed by atoms with Gasteiger partial charge in [0, 0.05) is 24.5 Å². The number of carbonyl (C=O) groups excluding carboxylic acids is 1. The predicted octanol–water partition coefficient (Wildman–Crippen LogP) is 4.91. The van der Waals surface area contributed by atoms with Gasteiger partial charge in [0.25, 0.3) is 5.91 Å². The van der Waals surface area contributed by atoms with Crippen LogP contribution in [0.1, 0.15) is 35.2 Å². The van der Waals surface area contributed by atoms with E-state index >= 15 is 0 Å². The topological polar surface area (TPSA) is 60.5 Å². The average Bonchev–Trinajstić information content (AvgIpc) is 2.81. The van der Waals surface area contributed by atoms with Crippen LogP contribution in [0.5, 0.6) is 11.5 Å². The number of ether oxygens (including phenoxy) is 2. The molecule has 0 spiro atoms. The second-order valence-electron chi connectivity index (χ2n) is 7.07. The van der Waals surface area contributed by atoms with Gasteiger partial charge < -0.3 is 14.8 Å². The van der Waals surface area contributed by atoms with Crippen molar-refractivity contribution in [1.82, 2.24) is 10.3 Å². The Morgan fingerprint density at radius 2 is 1.67 bits per heavy atom. The normalized spacial score (nSPS) is 10.5. The van der Waals surface area contributed by atoms with E-state index in [4.69, 9.17) is 9.47 Å². The fourth-order valence-electron chi connectivity index (χ4n) is 3.31. The molecule has 1 N–H and O–H groups in total. The lowest BCUT2D eigenvalue weighted by atomic mass is 10.0. The Labute approximate surface area is 178 Å². The molecule has 0 saturated heterocycles. The number of pyridine rings is 1. The molecule has 0 bridgehead atoms. The average molecular weight is 405 g/mol. The number of unbranched alkanes of at least 4 members (excludes halogenated alkanes) is 2. The third kappa shape index (κ3) is 5.83. The van der Waals surface area contributed by atoms with Crippen molar-refractivity contribution in [3.63, 3.8) is 0 Å². The Morgan fingerprint density at radius 3 is 2.37 bits per heavy atom.